The summed E-state index contributed by atoms with van der Waals surface area (Å²) in [6.07, 6.45) is 3.74. The van der Waals surface area contributed by atoms with Crippen molar-refractivity contribution < 1.29 is 0 Å². The van der Waals surface area contributed by atoms with Gasteiger partial charge in [0.2, 0.25) is 0 Å². The standard InChI is InChI=1S/C17H21IN2/c1-4-20-17(13(3)14-8-10-19-11-9-14)15-7-5-6-12(2)16(15)18/h5-11,13,17,20H,4H2,1-3H3. The van der Waals surface area contributed by atoms with Gasteiger partial charge in [-0.2, -0.15) is 0 Å². The fourth-order valence-corrected chi connectivity index (χ4v) is 3.24. The number of nitrogens with zero attached hydrogens (tertiary/aromatic N) is 1. The number of rotatable bonds is 5. The molecule has 1 aromatic carbocycles. The summed E-state index contributed by atoms with van der Waals surface area (Å²) >= 11 is 2.46. The number of pyridine rings is 1. The highest BCUT2D eigenvalue weighted by atomic mass is 127. The van der Waals surface area contributed by atoms with Crippen molar-refractivity contribution in [2.24, 2.45) is 0 Å². The molecule has 0 saturated carbocycles. The molecule has 0 radical (unpaired) electrons. The Morgan fingerprint density at radius 1 is 1.20 bits per heavy atom. The van der Waals surface area contributed by atoms with Crippen molar-refractivity contribution in [3.8, 4) is 0 Å². The summed E-state index contributed by atoms with van der Waals surface area (Å²) in [5.41, 5.74) is 4.05. The predicted octanol–water partition coefficient (Wildman–Crippen LogP) is 4.45. The quantitative estimate of drug-likeness (QED) is 0.776. The third-order valence-corrected chi connectivity index (χ3v) is 5.19. The first-order valence-electron chi connectivity index (χ1n) is 7.03. The molecule has 2 nitrogen and oxygen atoms in total. The smallest absolute Gasteiger partial charge is 0.0397 e. The molecule has 0 aliphatic carbocycles. The van der Waals surface area contributed by atoms with Crippen LogP contribution in [0.15, 0.2) is 42.7 Å². The number of nitrogens with one attached hydrogen (secondary N) is 1. The van der Waals surface area contributed by atoms with Crippen LogP contribution in [0.25, 0.3) is 0 Å². The topological polar surface area (TPSA) is 24.9 Å². The molecule has 0 spiro atoms. The van der Waals surface area contributed by atoms with Crippen molar-refractivity contribution >= 4 is 22.6 Å². The zero-order valence-electron chi connectivity index (χ0n) is 12.2. The van der Waals surface area contributed by atoms with Gasteiger partial charge in [0.15, 0.2) is 0 Å². The molecule has 0 saturated heterocycles. The summed E-state index contributed by atoms with van der Waals surface area (Å²) in [4.78, 5) is 4.12. The van der Waals surface area contributed by atoms with E-state index in [1.807, 2.05) is 12.4 Å². The van der Waals surface area contributed by atoms with Gasteiger partial charge in [0.1, 0.15) is 0 Å². The summed E-state index contributed by atoms with van der Waals surface area (Å²) in [6.45, 7) is 7.57. The van der Waals surface area contributed by atoms with Gasteiger partial charge < -0.3 is 5.32 Å². The summed E-state index contributed by atoms with van der Waals surface area (Å²) in [5, 5.41) is 3.64. The highest BCUT2D eigenvalue weighted by molar-refractivity contribution is 14.1. The summed E-state index contributed by atoms with van der Waals surface area (Å²) in [6, 6.07) is 11.1. The lowest BCUT2D eigenvalue weighted by Crippen LogP contribution is -2.26. The lowest BCUT2D eigenvalue weighted by atomic mass is 9.88. The van der Waals surface area contributed by atoms with Gasteiger partial charge in [-0.1, -0.05) is 32.0 Å². The number of halogens is 1. The molecule has 1 aromatic heterocycles. The molecule has 2 unspecified atom stereocenters. The third kappa shape index (κ3) is 3.38. The normalized spacial score (nSPS) is 14.0. The van der Waals surface area contributed by atoms with Crippen LogP contribution in [-0.2, 0) is 0 Å². The maximum absolute atomic E-state index is 4.12. The van der Waals surface area contributed by atoms with Gasteiger partial charge in [-0.05, 0) is 64.9 Å². The Kier molecular flexibility index (Phi) is 5.54. The minimum atomic E-state index is 0.328. The first-order valence-corrected chi connectivity index (χ1v) is 8.11. The zero-order chi connectivity index (χ0) is 14.5. The molecular weight excluding hydrogens is 359 g/mol. The van der Waals surface area contributed by atoms with E-state index in [4.69, 9.17) is 0 Å². The number of aromatic nitrogens is 1. The van der Waals surface area contributed by atoms with Crippen molar-refractivity contribution in [2.75, 3.05) is 6.54 Å². The first kappa shape index (κ1) is 15.4. The van der Waals surface area contributed by atoms with Crippen LogP contribution in [0.5, 0.6) is 0 Å². The number of hydrogen-bond acceptors (Lipinski definition) is 2. The Morgan fingerprint density at radius 2 is 1.90 bits per heavy atom. The van der Waals surface area contributed by atoms with Crippen LogP contribution < -0.4 is 5.32 Å². The molecule has 2 atom stereocenters. The molecule has 20 heavy (non-hydrogen) atoms. The fourth-order valence-electron chi connectivity index (χ4n) is 2.55. The minimum absolute atomic E-state index is 0.328. The largest absolute Gasteiger partial charge is 0.310 e. The second-order valence-electron chi connectivity index (χ2n) is 5.08. The third-order valence-electron chi connectivity index (χ3n) is 3.71. The molecule has 106 valence electrons. The maximum Gasteiger partial charge on any atom is 0.0397 e. The van der Waals surface area contributed by atoms with Crippen molar-refractivity contribution in [3.05, 3.63) is 63.0 Å². The molecule has 0 amide bonds. The second-order valence-corrected chi connectivity index (χ2v) is 6.16. The van der Waals surface area contributed by atoms with E-state index in [-0.39, 0.29) is 0 Å². The van der Waals surface area contributed by atoms with Crippen LogP contribution >= 0.6 is 22.6 Å². The maximum atomic E-state index is 4.12. The highest BCUT2D eigenvalue weighted by Gasteiger charge is 2.22. The Hall–Kier alpha value is -0.940. The van der Waals surface area contributed by atoms with Crippen molar-refractivity contribution in [1.82, 2.24) is 10.3 Å². The van der Waals surface area contributed by atoms with Crippen LogP contribution in [0.3, 0.4) is 0 Å². The van der Waals surface area contributed by atoms with Crippen LogP contribution in [0.2, 0.25) is 0 Å². The highest BCUT2D eigenvalue weighted by Crippen LogP contribution is 2.33. The molecule has 3 heteroatoms. The van der Waals surface area contributed by atoms with Crippen LogP contribution in [0.4, 0.5) is 0 Å². The first-order chi connectivity index (χ1) is 9.65. The number of benzene rings is 1. The van der Waals surface area contributed by atoms with Crippen molar-refractivity contribution in [3.63, 3.8) is 0 Å². The van der Waals surface area contributed by atoms with Gasteiger partial charge in [0.25, 0.3) is 0 Å². The SMILES string of the molecule is CCNC(c1cccc(C)c1I)C(C)c1ccncc1. The monoisotopic (exact) mass is 380 g/mol. The van der Waals surface area contributed by atoms with Crippen LogP contribution in [0.1, 0.15) is 42.5 Å². The Bertz CT molecular complexity index is 554. The lowest BCUT2D eigenvalue weighted by Gasteiger charge is -2.27. The van der Waals surface area contributed by atoms with Gasteiger partial charge in [-0.15, -0.1) is 0 Å². The second kappa shape index (κ2) is 7.18. The molecule has 1 N–H and O–H groups in total. The van der Waals surface area contributed by atoms with Gasteiger partial charge in [0, 0.05) is 27.9 Å². The van der Waals surface area contributed by atoms with Crippen molar-refractivity contribution in [1.29, 1.82) is 0 Å². The Labute approximate surface area is 135 Å². The minimum Gasteiger partial charge on any atom is -0.310 e. The van der Waals surface area contributed by atoms with E-state index in [0.29, 0.717) is 12.0 Å². The number of aryl methyl sites for hydroxylation is 1. The summed E-state index contributed by atoms with van der Waals surface area (Å²) in [5.74, 6) is 0.410. The molecular formula is C17H21IN2. The predicted molar refractivity (Wildman–Crippen MR) is 93.0 cm³/mol. The molecule has 1 heterocycles. The van der Waals surface area contributed by atoms with Gasteiger partial charge >= 0.3 is 0 Å². The average molecular weight is 380 g/mol. The molecule has 2 rings (SSSR count). The number of hydrogen-bond donors (Lipinski definition) is 1. The lowest BCUT2D eigenvalue weighted by molar-refractivity contribution is 0.477. The summed E-state index contributed by atoms with van der Waals surface area (Å²) < 4.78 is 1.36. The van der Waals surface area contributed by atoms with E-state index in [1.54, 1.807) is 0 Å². The van der Waals surface area contributed by atoms with Gasteiger partial charge in [-0.3, -0.25) is 4.98 Å². The Balaban J connectivity index is 2.38. The van der Waals surface area contributed by atoms with Gasteiger partial charge in [-0.25, -0.2) is 0 Å². The van der Waals surface area contributed by atoms with Crippen LogP contribution in [0, 0.1) is 10.5 Å². The van der Waals surface area contributed by atoms with Crippen molar-refractivity contribution in [2.45, 2.75) is 32.7 Å². The van der Waals surface area contributed by atoms with E-state index in [9.17, 15) is 0 Å². The van der Waals surface area contributed by atoms with E-state index in [2.05, 4.69) is 84.0 Å². The molecule has 0 aliphatic heterocycles. The average Bonchev–Trinajstić information content (AvgIpc) is 2.48. The summed E-state index contributed by atoms with van der Waals surface area (Å²) in [7, 11) is 0. The van der Waals surface area contributed by atoms with Gasteiger partial charge in [0.05, 0.1) is 0 Å². The van der Waals surface area contributed by atoms with E-state index >= 15 is 0 Å². The van der Waals surface area contributed by atoms with Crippen LogP contribution in [-0.4, -0.2) is 11.5 Å². The molecule has 0 aliphatic rings. The van der Waals surface area contributed by atoms with E-state index < -0.39 is 0 Å². The Morgan fingerprint density at radius 3 is 2.55 bits per heavy atom. The van der Waals surface area contributed by atoms with E-state index in [0.717, 1.165) is 6.54 Å². The number of likely N-dealkylation sites (N-methyl/N-ethyl adjacent to an activating group) is 1. The molecule has 2 aromatic rings. The molecule has 0 bridgehead atoms. The van der Waals surface area contributed by atoms with E-state index in [1.165, 1.54) is 20.3 Å². The fraction of sp³-hybridized carbons (Fsp3) is 0.353. The zero-order valence-corrected chi connectivity index (χ0v) is 14.4. The molecule has 0 fully saturated rings.